The van der Waals surface area contributed by atoms with Gasteiger partial charge in [-0.25, -0.2) is 0 Å². The quantitative estimate of drug-likeness (QED) is 0.583. The van der Waals surface area contributed by atoms with Crippen molar-refractivity contribution in [3.05, 3.63) is 0 Å². The van der Waals surface area contributed by atoms with Crippen LogP contribution in [0.15, 0.2) is 0 Å². The highest BCUT2D eigenvalue weighted by atomic mass is 16.1. The number of amides is 1. The first-order valence-electron chi connectivity index (χ1n) is 3.35. The first-order valence-corrected chi connectivity index (χ1v) is 3.35. The summed E-state index contributed by atoms with van der Waals surface area (Å²) in [6.45, 7) is 3.92. The summed E-state index contributed by atoms with van der Waals surface area (Å²) in [6, 6.07) is 1.68. The van der Waals surface area contributed by atoms with E-state index >= 15 is 0 Å². The van der Waals surface area contributed by atoms with Crippen LogP contribution in [-0.4, -0.2) is 12.5 Å². The van der Waals surface area contributed by atoms with Gasteiger partial charge in [-0.15, -0.1) is 0 Å². The molecule has 3 heteroatoms. The van der Waals surface area contributed by atoms with E-state index < -0.39 is 0 Å². The second-order valence-electron chi connectivity index (χ2n) is 2.28. The Morgan fingerprint density at radius 3 is 2.70 bits per heavy atom. The zero-order chi connectivity index (χ0) is 7.98. The molecule has 0 bridgehead atoms. The Labute approximate surface area is 61.0 Å². The molecule has 0 aromatic carbocycles. The summed E-state index contributed by atoms with van der Waals surface area (Å²) in [7, 11) is 0. The van der Waals surface area contributed by atoms with Crippen molar-refractivity contribution in [2.75, 3.05) is 0 Å². The monoisotopic (exact) mass is 140 g/mol. The standard InChI is InChI=1S/C7H12N2O/c1-3-6(2)7(4-8)9-5-10/h5-7H,3H2,1-2H3,(H,9,10). The highest BCUT2D eigenvalue weighted by molar-refractivity contribution is 5.47. The van der Waals surface area contributed by atoms with Crippen molar-refractivity contribution >= 4 is 6.41 Å². The predicted octanol–water partition coefficient (Wildman–Crippen LogP) is 0.671. The maximum absolute atomic E-state index is 9.93. The molecule has 0 aliphatic heterocycles. The third-order valence-electron chi connectivity index (χ3n) is 1.60. The third-order valence-corrected chi connectivity index (χ3v) is 1.60. The molecule has 1 N–H and O–H groups in total. The van der Waals surface area contributed by atoms with Crippen LogP contribution in [0.3, 0.4) is 0 Å². The molecule has 0 heterocycles. The molecule has 0 aliphatic carbocycles. The van der Waals surface area contributed by atoms with Crippen LogP contribution in [-0.2, 0) is 4.79 Å². The molecule has 0 aromatic rings. The fourth-order valence-corrected chi connectivity index (χ4v) is 0.638. The van der Waals surface area contributed by atoms with Gasteiger partial charge < -0.3 is 5.32 Å². The zero-order valence-electron chi connectivity index (χ0n) is 6.29. The maximum atomic E-state index is 9.93. The van der Waals surface area contributed by atoms with Gasteiger partial charge in [0.1, 0.15) is 6.04 Å². The van der Waals surface area contributed by atoms with E-state index in [9.17, 15) is 4.79 Å². The first kappa shape index (κ1) is 8.96. The van der Waals surface area contributed by atoms with Crippen molar-refractivity contribution in [2.24, 2.45) is 5.92 Å². The van der Waals surface area contributed by atoms with E-state index in [2.05, 4.69) is 5.32 Å². The topological polar surface area (TPSA) is 52.9 Å². The highest BCUT2D eigenvalue weighted by Crippen LogP contribution is 2.05. The van der Waals surface area contributed by atoms with Crippen LogP contribution in [0.5, 0.6) is 0 Å². The second-order valence-corrected chi connectivity index (χ2v) is 2.28. The predicted molar refractivity (Wildman–Crippen MR) is 38.1 cm³/mol. The molecule has 2 atom stereocenters. The summed E-state index contributed by atoms with van der Waals surface area (Å²) in [6.07, 6.45) is 1.47. The van der Waals surface area contributed by atoms with Crippen LogP contribution < -0.4 is 5.32 Å². The van der Waals surface area contributed by atoms with Gasteiger partial charge in [0, 0.05) is 0 Å². The van der Waals surface area contributed by atoms with Gasteiger partial charge in [0.05, 0.1) is 6.07 Å². The van der Waals surface area contributed by atoms with Crippen molar-refractivity contribution in [2.45, 2.75) is 26.3 Å². The first-order chi connectivity index (χ1) is 4.76. The van der Waals surface area contributed by atoms with E-state index in [1.807, 2.05) is 19.9 Å². The van der Waals surface area contributed by atoms with Gasteiger partial charge in [0.15, 0.2) is 0 Å². The van der Waals surface area contributed by atoms with E-state index in [1.54, 1.807) is 0 Å². The molecule has 0 spiro atoms. The highest BCUT2D eigenvalue weighted by Gasteiger charge is 2.12. The Kier molecular flexibility index (Phi) is 4.30. The summed E-state index contributed by atoms with van der Waals surface area (Å²) in [4.78, 5) is 9.93. The van der Waals surface area contributed by atoms with Gasteiger partial charge >= 0.3 is 0 Å². The van der Waals surface area contributed by atoms with E-state index in [0.29, 0.717) is 6.41 Å². The lowest BCUT2D eigenvalue weighted by atomic mass is 10.0. The zero-order valence-corrected chi connectivity index (χ0v) is 6.29. The smallest absolute Gasteiger partial charge is 0.208 e. The van der Waals surface area contributed by atoms with E-state index in [4.69, 9.17) is 5.26 Å². The van der Waals surface area contributed by atoms with Crippen LogP contribution in [0.2, 0.25) is 0 Å². The van der Waals surface area contributed by atoms with Gasteiger partial charge in [0.2, 0.25) is 6.41 Å². The van der Waals surface area contributed by atoms with Gasteiger partial charge in [0.25, 0.3) is 0 Å². The van der Waals surface area contributed by atoms with Crippen LogP contribution >= 0.6 is 0 Å². The number of hydrogen-bond acceptors (Lipinski definition) is 2. The molecule has 0 aliphatic rings. The molecule has 10 heavy (non-hydrogen) atoms. The molecular weight excluding hydrogens is 128 g/mol. The molecule has 0 saturated heterocycles. The van der Waals surface area contributed by atoms with Crippen LogP contribution in [0, 0.1) is 17.2 Å². The molecule has 0 rings (SSSR count). The van der Waals surface area contributed by atoms with Gasteiger partial charge in [-0.3, -0.25) is 4.79 Å². The lowest BCUT2D eigenvalue weighted by molar-refractivity contribution is -0.110. The summed E-state index contributed by atoms with van der Waals surface area (Å²) in [5.74, 6) is 0.232. The minimum absolute atomic E-state index is 0.232. The average molecular weight is 140 g/mol. The molecule has 1 amide bonds. The Bertz CT molecular complexity index is 139. The van der Waals surface area contributed by atoms with E-state index in [-0.39, 0.29) is 12.0 Å². The van der Waals surface area contributed by atoms with Crippen LogP contribution in [0.1, 0.15) is 20.3 Å². The summed E-state index contributed by atoms with van der Waals surface area (Å²) < 4.78 is 0. The van der Waals surface area contributed by atoms with Crippen molar-refractivity contribution in [1.82, 2.24) is 5.32 Å². The summed E-state index contributed by atoms with van der Waals surface area (Å²) in [5, 5.41) is 10.9. The Hall–Kier alpha value is -1.04. The van der Waals surface area contributed by atoms with E-state index in [1.165, 1.54) is 0 Å². The number of carbonyl (C=O) groups is 1. The SMILES string of the molecule is CCC(C)C(C#N)NC=O. The summed E-state index contributed by atoms with van der Waals surface area (Å²) >= 11 is 0. The Morgan fingerprint density at radius 2 is 2.40 bits per heavy atom. The third kappa shape index (κ3) is 2.49. The molecule has 0 aromatic heterocycles. The van der Waals surface area contributed by atoms with Crippen LogP contribution in [0.25, 0.3) is 0 Å². The summed E-state index contributed by atoms with van der Waals surface area (Å²) in [5.41, 5.74) is 0. The number of hydrogen-bond donors (Lipinski definition) is 1. The van der Waals surface area contributed by atoms with E-state index in [0.717, 1.165) is 6.42 Å². The minimum atomic E-state index is -0.331. The molecule has 0 saturated carbocycles. The largest absolute Gasteiger partial charge is 0.343 e. The molecular formula is C7H12N2O. The number of rotatable bonds is 4. The Morgan fingerprint density at radius 1 is 1.80 bits per heavy atom. The minimum Gasteiger partial charge on any atom is -0.343 e. The van der Waals surface area contributed by atoms with Gasteiger partial charge in [-0.2, -0.15) is 5.26 Å². The molecule has 0 fully saturated rings. The Balaban J connectivity index is 3.82. The van der Waals surface area contributed by atoms with Crippen molar-refractivity contribution < 1.29 is 4.79 Å². The number of carbonyl (C=O) groups excluding carboxylic acids is 1. The maximum Gasteiger partial charge on any atom is 0.208 e. The number of nitrogens with zero attached hydrogens (tertiary/aromatic N) is 1. The fraction of sp³-hybridized carbons (Fsp3) is 0.714. The number of nitriles is 1. The lowest BCUT2D eigenvalue weighted by Crippen LogP contribution is -2.32. The molecule has 3 nitrogen and oxygen atoms in total. The number of nitrogens with one attached hydrogen (secondary N) is 1. The lowest BCUT2D eigenvalue weighted by Gasteiger charge is -2.13. The fourth-order valence-electron chi connectivity index (χ4n) is 0.638. The van der Waals surface area contributed by atoms with Gasteiger partial charge in [-0.1, -0.05) is 20.3 Å². The van der Waals surface area contributed by atoms with Crippen LogP contribution in [0.4, 0.5) is 0 Å². The van der Waals surface area contributed by atoms with Gasteiger partial charge in [-0.05, 0) is 5.92 Å². The van der Waals surface area contributed by atoms with Crippen molar-refractivity contribution in [3.8, 4) is 6.07 Å². The molecule has 0 radical (unpaired) electrons. The average Bonchev–Trinajstić information content (AvgIpc) is 1.99. The normalized spacial score (nSPS) is 14.9. The second kappa shape index (κ2) is 4.80. The van der Waals surface area contributed by atoms with Crippen molar-refractivity contribution in [1.29, 1.82) is 5.26 Å². The molecule has 56 valence electrons. The molecule has 2 unspecified atom stereocenters. The van der Waals surface area contributed by atoms with Crippen molar-refractivity contribution in [3.63, 3.8) is 0 Å².